The molecule has 0 atom stereocenters. The zero-order valence-corrected chi connectivity index (χ0v) is 16.7. The Kier molecular flexibility index (Phi) is 6.76. The van der Waals surface area contributed by atoms with Gasteiger partial charge in [-0.1, -0.05) is 60.7 Å². The standard InChI is InChI=1S/C21H13N2.C5H5.Fe/c22-14-15-4-3-7-17(12-15)18-8-10-21-19(13-18)9-11-20(23-21)16-5-1-2-6-16;1-2-4-5-3-1;/h1-13H;1-5H;/q2*-1;+2. The molecule has 0 aromatic heterocycles. The van der Waals surface area contributed by atoms with Crippen molar-refractivity contribution in [3.63, 3.8) is 0 Å². The fourth-order valence-electron chi connectivity index (χ4n) is 3.10. The van der Waals surface area contributed by atoms with Crippen molar-refractivity contribution in [1.82, 2.24) is 0 Å². The fraction of sp³-hybridized carbons (Fsp3) is 0. The van der Waals surface area contributed by atoms with E-state index in [4.69, 9.17) is 10.6 Å². The molecule has 3 aromatic carbocycles. The van der Waals surface area contributed by atoms with Gasteiger partial charge < -0.3 is 5.32 Å². The smallest absolute Gasteiger partial charge is 0.657 e. The predicted octanol–water partition coefficient (Wildman–Crippen LogP) is 7.04. The van der Waals surface area contributed by atoms with Crippen molar-refractivity contribution in [1.29, 1.82) is 5.26 Å². The summed E-state index contributed by atoms with van der Waals surface area (Å²) in [6.07, 6.45) is 12.3. The van der Waals surface area contributed by atoms with E-state index in [2.05, 4.69) is 36.4 Å². The van der Waals surface area contributed by atoms with Crippen LogP contribution in [0, 0.1) is 11.3 Å². The Morgan fingerprint density at radius 2 is 1.55 bits per heavy atom. The molecule has 1 aliphatic carbocycles. The third-order valence-electron chi connectivity index (χ3n) is 4.53. The topological polar surface area (TPSA) is 37.9 Å². The number of benzene rings is 2. The van der Waals surface area contributed by atoms with Gasteiger partial charge in [0.25, 0.3) is 0 Å². The van der Waals surface area contributed by atoms with Crippen LogP contribution in [0.15, 0.2) is 114 Å². The van der Waals surface area contributed by atoms with Crippen molar-refractivity contribution >= 4 is 11.8 Å². The first kappa shape index (κ1) is 20.3. The number of fused-ring (bicyclic) bond motifs is 1. The fourth-order valence-corrected chi connectivity index (χ4v) is 3.10. The summed E-state index contributed by atoms with van der Waals surface area (Å²) in [5, 5.41) is 13.8. The van der Waals surface area contributed by atoms with E-state index in [1.807, 2.05) is 78.9 Å². The third kappa shape index (κ3) is 4.89. The zero-order valence-electron chi connectivity index (χ0n) is 15.6. The number of hydrogen-bond acceptors (Lipinski definition) is 1. The summed E-state index contributed by atoms with van der Waals surface area (Å²) in [6, 6.07) is 26.1. The quantitative estimate of drug-likeness (QED) is 0.311. The van der Waals surface area contributed by atoms with E-state index in [0.717, 1.165) is 33.6 Å². The van der Waals surface area contributed by atoms with Gasteiger partial charge in [-0.05, 0) is 40.5 Å². The SMILES string of the molecule is N#Cc1cccc(-c2ccc3c(c2)C=CC(=C2C=CC=C2)[N-]3)c1.[Fe+2].c1cc[cH-]c1. The van der Waals surface area contributed by atoms with Gasteiger partial charge in [-0.25, -0.2) is 12.1 Å². The molecule has 0 spiro atoms. The second-order valence-electron chi connectivity index (χ2n) is 6.43. The third-order valence-corrected chi connectivity index (χ3v) is 4.53. The monoisotopic (exact) mass is 414 g/mol. The van der Waals surface area contributed by atoms with Gasteiger partial charge in [0, 0.05) is 0 Å². The molecule has 0 fully saturated rings. The van der Waals surface area contributed by atoms with Crippen molar-refractivity contribution in [3.8, 4) is 17.2 Å². The van der Waals surface area contributed by atoms with E-state index in [1.54, 1.807) is 0 Å². The van der Waals surface area contributed by atoms with Gasteiger partial charge in [-0.15, -0.1) is 11.4 Å². The van der Waals surface area contributed by atoms with Gasteiger partial charge in [0.2, 0.25) is 0 Å². The summed E-state index contributed by atoms with van der Waals surface area (Å²) in [5.41, 5.74) is 7.01. The van der Waals surface area contributed by atoms with Crippen LogP contribution >= 0.6 is 0 Å². The van der Waals surface area contributed by atoms with E-state index in [1.165, 1.54) is 0 Å². The molecule has 0 unspecified atom stereocenters. The first-order chi connectivity index (χ1) is 13.8. The number of nitriles is 1. The molecule has 2 aliphatic rings. The zero-order chi connectivity index (χ0) is 19.2. The van der Waals surface area contributed by atoms with Crippen molar-refractivity contribution in [3.05, 3.63) is 131 Å². The maximum Gasteiger partial charge on any atom is 2.00 e. The summed E-state index contributed by atoms with van der Waals surface area (Å²) >= 11 is 0. The van der Waals surface area contributed by atoms with Crippen LogP contribution in [0.5, 0.6) is 0 Å². The number of hydrogen-bond donors (Lipinski definition) is 0. The average Bonchev–Trinajstić information content (AvgIpc) is 3.50. The summed E-state index contributed by atoms with van der Waals surface area (Å²) in [6.45, 7) is 0. The molecule has 5 rings (SSSR count). The summed E-state index contributed by atoms with van der Waals surface area (Å²) in [7, 11) is 0. The van der Waals surface area contributed by atoms with Gasteiger partial charge >= 0.3 is 17.1 Å². The second-order valence-corrected chi connectivity index (χ2v) is 6.43. The van der Waals surface area contributed by atoms with E-state index in [0.29, 0.717) is 5.56 Å². The van der Waals surface area contributed by atoms with Crippen molar-refractivity contribution in [2.24, 2.45) is 0 Å². The Labute approximate surface area is 182 Å². The Hall–Kier alpha value is -3.44. The van der Waals surface area contributed by atoms with Gasteiger partial charge in [0.15, 0.2) is 0 Å². The van der Waals surface area contributed by atoms with Crippen LogP contribution in [0.4, 0.5) is 5.69 Å². The molecule has 29 heavy (non-hydrogen) atoms. The van der Waals surface area contributed by atoms with Crippen LogP contribution in [0.1, 0.15) is 11.1 Å². The Bertz CT molecular complexity index is 1110. The molecule has 3 heteroatoms. The molecule has 0 radical (unpaired) electrons. The largest absolute Gasteiger partial charge is 2.00 e. The van der Waals surface area contributed by atoms with E-state index in [-0.39, 0.29) is 17.1 Å². The van der Waals surface area contributed by atoms with Gasteiger partial charge in [-0.3, -0.25) is 0 Å². The van der Waals surface area contributed by atoms with Crippen LogP contribution in [0.2, 0.25) is 0 Å². The van der Waals surface area contributed by atoms with Gasteiger partial charge in [-0.2, -0.15) is 23.5 Å². The minimum Gasteiger partial charge on any atom is -0.657 e. The molecular formula is C26H18FeN2. The summed E-state index contributed by atoms with van der Waals surface area (Å²) < 4.78 is 0. The molecule has 0 saturated carbocycles. The number of nitrogens with zero attached hydrogens (tertiary/aromatic N) is 2. The molecule has 0 saturated heterocycles. The molecule has 0 amide bonds. The van der Waals surface area contributed by atoms with Crippen molar-refractivity contribution in [2.75, 3.05) is 0 Å². The average molecular weight is 414 g/mol. The second kappa shape index (κ2) is 9.66. The predicted molar refractivity (Wildman–Crippen MR) is 116 cm³/mol. The maximum absolute atomic E-state index is 9.04. The number of rotatable bonds is 1. The van der Waals surface area contributed by atoms with Crippen LogP contribution in [0.3, 0.4) is 0 Å². The van der Waals surface area contributed by atoms with Gasteiger partial charge in [0.05, 0.1) is 11.6 Å². The first-order valence-corrected chi connectivity index (χ1v) is 9.13. The van der Waals surface area contributed by atoms with Gasteiger partial charge in [0.1, 0.15) is 0 Å². The Morgan fingerprint density at radius 3 is 2.24 bits per heavy atom. The van der Waals surface area contributed by atoms with Crippen LogP contribution in [-0.4, -0.2) is 0 Å². The summed E-state index contributed by atoms with van der Waals surface area (Å²) in [5.74, 6) is 0. The molecule has 1 heterocycles. The molecule has 1 aliphatic heterocycles. The van der Waals surface area contributed by atoms with E-state index >= 15 is 0 Å². The Morgan fingerprint density at radius 1 is 0.793 bits per heavy atom. The van der Waals surface area contributed by atoms with E-state index in [9.17, 15) is 0 Å². The first-order valence-electron chi connectivity index (χ1n) is 9.13. The molecule has 3 aromatic rings. The van der Waals surface area contributed by atoms with Crippen LogP contribution in [-0.2, 0) is 17.1 Å². The maximum atomic E-state index is 9.04. The summed E-state index contributed by atoms with van der Waals surface area (Å²) in [4.78, 5) is 0. The van der Waals surface area contributed by atoms with Crippen molar-refractivity contribution < 1.29 is 17.1 Å². The minimum atomic E-state index is 0. The molecular weight excluding hydrogens is 396 g/mol. The normalized spacial score (nSPS) is 12.9. The van der Waals surface area contributed by atoms with Crippen molar-refractivity contribution in [2.45, 2.75) is 0 Å². The molecule has 140 valence electrons. The Balaban J connectivity index is 0.000000352. The molecule has 2 nitrogen and oxygen atoms in total. The van der Waals surface area contributed by atoms with Crippen LogP contribution in [0.25, 0.3) is 22.5 Å². The number of allylic oxidation sites excluding steroid dienone is 6. The van der Waals surface area contributed by atoms with Crippen LogP contribution < -0.4 is 0 Å². The molecule has 0 bridgehead atoms. The van der Waals surface area contributed by atoms with E-state index < -0.39 is 0 Å². The minimum absolute atomic E-state index is 0. The molecule has 0 N–H and O–H groups in total.